The molecule has 0 bridgehead atoms. The topological polar surface area (TPSA) is 82.6 Å². The van der Waals surface area contributed by atoms with E-state index in [4.69, 9.17) is 11.6 Å². The molecule has 0 spiro atoms. The summed E-state index contributed by atoms with van der Waals surface area (Å²) < 4.78 is 76.2. The van der Waals surface area contributed by atoms with E-state index < -0.39 is 33.4 Å². The van der Waals surface area contributed by atoms with Crippen LogP contribution >= 0.6 is 11.6 Å². The van der Waals surface area contributed by atoms with E-state index in [1.165, 1.54) is 12.1 Å². The van der Waals surface area contributed by atoms with Gasteiger partial charge in [-0.2, -0.15) is 13.2 Å². The number of hydrogen-bond donors (Lipinski definition) is 1. The highest BCUT2D eigenvalue weighted by Gasteiger charge is 2.38. The summed E-state index contributed by atoms with van der Waals surface area (Å²) in [6.07, 6.45) is -1.17. The number of nitrogens with one attached hydrogen (secondary N) is 1. The summed E-state index contributed by atoms with van der Waals surface area (Å²) in [6.45, 7) is 1.40. The molecule has 3 heterocycles. The van der Waals surface area contributed by atoms with E-state index in [-0.39, 0.29) is 33.4 Å². The van der Waals surface area contributed by atoms with Gasteiger partial charge in [-0.3, -0.25) is 4.79 Å². The Morgan fingerprint density at radius 1 is 1.11 bits per heavy atom. The van der Waals surface area contributed by atoms with Crippen LogP contribution in [0, 0.1) is 5.82 Å². The van der Waals surface area contributed by atoms with Gasteiger partial charge in [0, 0.05) is 38.1 Å². The number of benzene rings is 1. The van der Waals surface area contributed by atoms with Crippen molar-refractivity contribution in [1.82, 2.24) is 9.88 Å². The van der Waals surface area contributed by atoms with E-state index in [1.54, 1.807) is 9.80 Å². The molecule has 7 nitrogen and oxygen atoms in total. The average molecular weight is 535 g/mol. The molecular formula is C22H23ClF4N4O3S. The number of nitrogens with zero attached hydrogens (tertiary/aromatic N) is 3. The van der Waals surface area contributed by atoms with Gasteiger partial charge in [0.15, 0.2) is 9.84 Å². The van der Waals surface area contributed by atoms with Crippen LogP contribution in [-0.2, 0) is 20.8 Å². The fourth-order valence-corrected chi connectivity index (χ4v) is 5.36. The number of carbonyl (C=O) groups is 1. The summed E-state index contributed by atoms with van der Waals surface area (Å²) in [5, 5.41) is 2.80. The van der Waals surface area contributed by atoms with Crippen LogP contribution in [0.25, 0.3) is 0 Å². The maximum absolute atomic E-state index is 14.4. The molecule has 4 rings (SSSR count). The molecule has 1 aromatic heterocycles. The smallest absolute Gasteiger partial charge is 0.371 e. The zero-order valence-corrected chi connectivity index (χ0v) is 20.2. The summed E-state index contributed by atoms with van der Waals surface area (Å²) >= 11 is 6.06. The number of pyridine rings is 1. The first-order valence-electron chi connectivity index (χ1n) is 10.9. The van der Waals surface area contributed by atoms with Crippen LogP contribution in [0.3, 0.4) is 0 Å². The lowest BCUT2D eigenvalue weighted by Gasteiger charge is -2.37. The Hall–Kier alpha value is -2.60. The van der Waals surface area contributed by atoms with Crippen molar-refractivity contribution in [1.29, 1.82) is 0 Å². The van der Waals surface area contributed by atoms with Crippen molar-refractivity contribution in [3.63, 3.8) is 0 Å². The van der Waals surface area contributed by atoms with Crippen molar-refractivity contribution in [2.75, 3.05) is 36.1 Å². The Morgan fingerprint density at radius 2 is 1.80 bits per heavy atom. The van der Waals surface area contributed by atoms with Gasteiger partial charge < -0.3 is 15.1 Å². The number of carbonyl (C=O) groups excluding carboxylic acids is 1. The second kappa shape index (κ2) is 9.45. The summed E-state index contributed by atoms with van der Waals surface area (Å²) in [6, 6.07) is 3.66. The minimum Gasteiger partial charge on any atom is -0.371 e. The van der Waals surface area contributed by atoms with Crippen LogP contribution in [-0.4, -0.2) is 62.2 Å². The average Bonchev–Trinajstić information content (AvgIpc) is 3.14. The molecule has 1 atom stereocenters. The first-order valence-corrected chi connectivity index (χ1v) is 13.2. The van der Waals surface area contributed by atoms with E-state index in [9.17, 15) is 30.8 Å². The Labute approximate surface area is 205 Å². The van der Waals surface area contributed by atoms with Crippen molar-refractivity contribution in [3.8, 4) is 0 Å². The summed E-state index contributed by atoms with van der Waals surface area (Å²) in [7, 11) is -3.55. The number of anilines is 2. The van der Waals surface area contributed by atoms with Crippen LogP contribution in [0.1, 0.15) is 24.8 Å². The second-order valence-corrected chi connectivity index (χ2v) is 11.1. The van der Waals surface area contributed by atoms with E-state index >= 15 is 0 Å². The monoisotopic (exact) mass is 534 g/mol. The third kappa shape index (κ3) is 5.48. The molecule has 1 unspecified atom stereocenters. The maximum atomic E-state index is 14.4. The Morgan fingerprint density at radius 3 is 2.37 bits per heavy atom. The van der Waals surface area contributed by atoms with Crippen molar-refractivity contribution < 1.29 is 30.8 Å². The zero-order valence-electron chi connectivity index (χ0n) is 18.6. The molecule has 2 aliphatic rings. The predicted octanol–water partition coefficient (Wildman–Crippen LogP) is 3.98. The molecule has 1 amide bonds. The summed E-state index contributed by atoms with van der Waals surface area (Å²) in [4.78, 5) is 20.3. The van der Waals surface area contributed by atoms with Crippen LogP contribution < -0.4 is 10.2 Å². The van der Waals surface area contributed by atoms with Crippen LogP contribution in [0.5, 0.6) is 0 Å². The van der Waals surface area contributed by atoms with Gasteiger partial charge in [-0.05, 0) is 43.5 Å². The number of halogens is 5. The number of rotatable bonds is 5. The zero-order chi connectivity index (χ0) is 25.5. The van der Waals surface area contributed by atoms with Crippen molar-refractivity contribution in [2.45, 2.75) is 42.4 Å². The molecule has 0 saturated carbocycles. The molecule has 2 aliphatic heterocycles. The SMILES string of the molecule is CS(=O)(=O)c1ccc(NC2CCN(C3CCN(c4ncc(C(F)(F)F)cc4Cl)CC3)C2=O)c(F)c1. The molecule has 1 aromatic carbocycles. The fraction of sp³-hybridized carbons (Fsp3) is 0.455. The van der Waals surface area contributed by atoms with Crippen LogP contribution in [0.15, 0.2) is 35.4 Å². The quantitative estimate of drug-likeness (QED) is 0.584. The molecule has 0 aliphatic carbocycles. The number of hydrogen-bond acceptors (Lipinski definition) is 6. The molecule has 2 aromatic rings. The first kappa shape index (κ1) is 25.5. The third-order valence-electron chi connectivity index (χ3n) is 6.29. The number of amides is 1. The van der Waals surface area contributed by atoms with Crippen LogP contribution in [0.2, 0.25) is 5.02 Å². The maximum Gasteiger partial charge on any atom is 0.417 e. The molecule has 13 heteroatoms. The molecule has 0 radical (unpaired) electrons. The van der Waals surface area contributed by atoms with Gasteiger partial charge in [0.05, 0.1) is 21.2 Å². The standard InChI is InChI=1S/C22H23ClF4N4O3S/c1-35(33,34)15-2-3-18(17(24)11-15)29-19-6-9-31(21(19)32)14-4-7-30(8-5-14)20-16(23)10-13(12-28-20)22(25,26)27/h2-3,10-12,14,19,29H,4-9H2,1H3. The van der Waals surface area contributed by atoms with Gasteiger partial charge in [0.1, 0.15) is 17.7 Å². The summed E-state index contributed by atoms with van der Waals surface area (Å²) in [5.74, 6) is -0.660. The predicted molar refractivity (Wildman–Crippen MR) is 123 cm³/mol. The fourth-order valence-electron chi connectivity index (χ4n) is 4.44. The molecule has 190 valence electrons. The highest BCUT2D eigenvalue weighted by atomic mass is 35.5. The molecule has 1 N–H and O–H groups in total. The Balaban J connectivity index is 1.36. The summed E-state index contributed by atoms with van der Waals surface area (Å²) in [5.41, 5.74) is -0.861. The molecule has 2 fully saturated rings. The number of sulfone groups is 1. The number of alkyl halides is 3. The number of piperidine rings is 1. The van der Waals surface area contributed by atoms with E-state index in [1.807, 2.05) is 0 Å². The van der Waals surface area contributed by atoms with Gasteiger partial charge in [-0.15, -0.1) is 0 Å². The molecule has 35 heavy (non-hydrogen) atoms. The van der Waals surface area contributed by atoms with Gasteiger partial charge >= 0.3 is 6.18 Å². The van der Waals surface area contributed by atoms with E-state index in [0.717, 1.165) is 24.6 Å². The van der Waals surface area contributed by atoms with Gasteiger partial charge in [-0.25, -0.2) is 17.8 Å². The second-order valence-electron chi connectivity index (χ2n) is 8.68. The first-order chi connectivity index (χ1) is 16.3. The molecular weight excluding hydrogens is 512 g/mol. The lowest BCUT2D eigenvalue weighted by Crippen LogP contribution is -2.47. The van der Waals surface area contributed by atoms with Crippen molar-refractivity contribution >= 4 is 38.9 Å². The minimum absolute atomic E-state index is 0.0513. The minimum atomic E-state index is -4.53. The lowest BCUT2D eigenvalue weighted by molar-refractivity contribution is -0.137. The van der Waals surface area contributed by atoms with Gasteiger partial charge in [0.2, 0.25) is 5.91 Å². The number of aromatic nitrogens is 1. The highest BCUT2D eigenvalue weighted by Crippen LogP contribution is 2.35. The lowest BCUT2D eigenvalue weighted by atomic mass is 10.0. The van der Waals surface area contributed by atoms with Crippen LogP contribution in [0.4, 0.5) is 29.1 Å². The number of likely N-dealkylation sites (tertiary alicyclic amines) is 1. The normalized spacial score (nSPS) is 19.9. The van der Waals surface area contributed by atoms with Gasteiger partial charge in [0.25, 0.3) is 0 Å². The van der Waals surface area contributed by atoms with Gasteiger partial charge in [-0.1, -0.05) is 11.6 Å². The Kier molecular flexibility index (Phi) is 6.89. The van der Waals surface area contributed by atoms with Crippen molar-refractivity contribution in [2.24, 2.45) is 0 Å². The third-order valence-corrected chi connectivity index (χ3v) is 7.68. The highest BCUT2D eigenvalue weighted by molar-refractivity contribution is 7.90. The largest absolute Gasteiger partial charge is 0.417 e. The van der Waals surface area contributed by atoms with E-state index in [2.05, 4.69) is 10.3 Å². The van der Waals surface area contributed by atoms with E-state index in [0.29, 0.717) is 38.9 Å². The Bertz CT molecular complexity index is 1230. The van der Waals surface area contributed by atoms with Crippen molar-refractivity contribution in [3.05, 3.63) is 46.9 Å². The molecule has 2 saturated heterocycles.